The summed E-state index contributed by atoms with van der Waals surface area (Å²) < 4.78 is 5.28. The number of carbonyl (C=O) groups excluding carboxylic acids is 1. The molecule has 0 spiro atoms. The van der Waals surface area contributed by atoms with Crippen molar-refractivity contribution in [3.63, 3.8) is 0 Å². The van der Waals surface area contributed by atoms with Gasteiger partial charge in [0.1, 0.15) is 11.8 Å². The minimum Gasteiger partial charge on any atom is -0.496 e. The SMILES string of the molecule is CNC(=O)C1CNCCN1Cc1ccc(OC)c(C)c1. The van der Waals surface area contributed by atoms with Gasteiger partial charge in [-0.2, -0.15) is 0 Å². The molecular weight excluding hydrogens is 254 g/mol. The summed E-state index contributed by atoms with van der Waals surface area (Å²) in [7, 11) is 3.37. The van der Waals surface area contributed by atoms with Gasteiger partial charge in [0.05, 0.1) is 7.11 Å². The molecule has 5 heteroatoms. The van der Waals surface area contributed by atoms with Crippen LogP contribution >= 0.6 is 0 Å². The Balaban J connectivity index is 2.10. The first-order valence-corrected chi connectivity index (χ1v) is 6.95. The number of aryl methyl sites for hydroxylation is 1. The Morgan fingerprint density at radius 2 is 2.35 bits per heavy atom. The van der Waals surface area contributed by atoms with Gasteiger partial charge in [-0.3, -0.25) is 9.69 Å². The standard InChI is InChI=1S/C15H23N3O2/c1-11-8-12(4-5-14(11)20-3)10-18-7-6-17-9-13(18)15(19)16-2/h4-5,8,13,17H,6-7,9-10H2,1-3H3,(H,16,19). The van der Waals surface area contributed by atoms with Crippen LogP contribution in [0, 0.1) is 6.92 Å². The molecule has 1 aliphatic rings. The Labute approximate surface area is 120 Å². The number of rotatable bonds is 4. The van der Waals surface area contributed by atoms with E-state index in [1.165, 1.54) is 5.56 Å². The number of carbonyl (C=O) groups is 1. The van der Waals surface area contributed by atoms with Crippen molar-refractivity contribution in [2.24, 2.45) is 0 Å². The minimum absolute atomic E-state index is 0.0717. The molecule has 1 aromatic carbocycles. The normalized spacial score (nSPS) is 19.6. The fourth-order valence-corrected chi connectivity index (χ4v) is 2.63. The average Bonchev–Trinajstić information content (AvgIpc) is 2.47. The molecule has 0 radical (unpaired) electrons. The number of likely N-dealkylation sites (N-methyl/N-ethyl adjacent to an activating group) is 1. The van der Waals surface area contributed by atoms with E-state index in [1.54, 1.807) is 14.2 Å². The molecule has 1 unspecified atom stereocenters. The largest absolute Gasteiger partial charge is 0.496 e. The van der Waals surface area contributed by atoms with Crippen molar-refractivity contribution in [2.45, 2.75) is 19.5 Å². The maximum absolute atomic E-state index is 11.9. The summed E-state index contributed by atoms with van der Waals surface area (Å²) in [6.45, 7) is 5.32. The summed E-state index contributed by atoms with van der Waals surface area (Å²) in [6, 6.07) is 6.08. The molecular formula is C15H23N3O2. The highest BCUT2D eigenvalue weighted by atomic mass is 16.5. The van der Waals surface area contributed by atoms with Gasteiger partial charge in [-0.25, -0.2) is 0 Å². The molecule has 2 rings (SSSR count). The topological polar surface area (TPSA) is 53.6 Å². The molecule has 0 saturated carbocycles. The fraction of sp³-hybridized carbons (Fsp3) is 0.533. The monoisotopic (exact) mass is 277 g/mol. The number of ether oxygens (including phenoxy) is 1. The predicted molar refractivity (Wildman–Crippen MR) is 78.9 cm³/mol. The van der Waals surface area contributed by atoms with E-state index in [2.05, 4.69) is 27.7 Å². The molecule has 1 heterocycles. The van der Waals surface area contributed by atoms with E-state index >= 15 is 0 Å². The number of nitrogens with one attached hydrogen (secondary N) is 2. The summed E-state index contributed by atoms with van der Waals surface area (Å²) in [5.74, 6) is 0.972. The molecule has 0 bridgehead atoms. The first-order valence-electron chi connectivity index (χ1n) is 6.95. The van der Waals surface area contributed by atoms with Crippen molar-refractivity contribution in [1.82, 2.24) is 15.5 Å². The summed E-state index contributed by atoms with van der Waals surface area (Å²) in [4.78, 5) is 14.1. The highest BCUT2D eigenvalue weighted by molar-refractivity contribution is 5.81. The zero-order chi connectivity index (χ0) is 14.5. The predicted octanol–water partition coefficient (Wildman–Crippen LogP) is 0.523. The number of hydrogen-bond acceptors (Lipinski definition) is 4. The van der Waals surface area contributed by atoms with E-state index in [4.69, 9.17) is 4.74 Å². The Kier molecular flexibility index (Phi) is 4.98. The highest BCUT2D eigenvalue weighted by Gasteiger charge is 2.27. The lowest BCUT2D eigenvalue weighted by molar-refractivity contribution is -0.126. The number of methoxy groups -OCH3 is 1. The summed E-state index contributed by atoms with van der Waals surface area (Å²) in [5.41, 5.74) is 2.33. The molecule has 1 aromatic rings. The Morgan fingerprint density at radius 3 is 3.00 bits per heavy atom. The molecule has 1 saturated heterocycles. The molecule has 0 aliphatic carbocycles. The number of nitrogens with zero attached hydrogens (tertiary/aromatic N) is 1. The third-order valence-electron chi connectivity index (χ3n) is 3.75. The molecule has 1 atom stereocenters. The smallest absolute Gasteiger partial charge is 0.238 e. The van der Waals surface area contributed by atoms with Crippen molar-refractivity contribution in [1.29, 1.82) is 0 Å². The van der Waals surface area contributed by atoms with Crippen LogP contribution in [0.2, 0.25) is 0 Å². The molecule has 1 fully saturated rings. The lowest BCUT2D eigenvalue weighted by Crippen LogP contribution is -2.56. The van der Waals surface area contributed by atoms with Crippen LogP contribution in [0.3, 0.4) is 0 Å². The quantitative estimate of drug-likeness (QED) is 0.843. The number of amides is 1. The first kappa shape index (κ1) is 14.8. The average molecular weight is 277 g/mol. The molecule has 5 nitrogen and oxygen atoms in total. The second-order valence-corrected chi connectivity index (χ2v) is 5.11. The van der Waals surface area contributed by atoms with Crippen LogP contribution in [0.1, 0.15) is 11.1 Å². The van der Waals surface area contributed by atoms with Crippen LogP contribution in [0.5, 0.6) is 5.75 Å². The molecule has 20 heavy (non-hydrogen) atoms. The second kappa shape index (κ2) is 6.72. The Morgan fingerprint density at radius 1 is 1.55 bits per heavy atom. The van der Waals surface area contributed by atoms with Crippen LogP contribution in [0.15, 0.2) is 18.2 Å². The lowest BCUT2D eigenvalue weighted by Gasteiger charge is -2.35. The van der Waals surface area contributed by atoms with E-state index in [0.717, 1.165) is 30.9 Å². The van der Waals surface area contributed by atoms with Crippen LogP contribution in [0.25, 0.3) is 0 Å². The Hall–Kier alpha value is -1.59. The summed E-state index contributed by atoms with van der Waals surface area (Å²) in [6.07, 6.45) is 0. The summed E-state index contributed by atoms with van der Waals surface area (Å²) in [5, 5.41) is 6.01. The van der Waals surface area contributed by atoms with Gasteiger partial charge in [-0.05, 0) is 24.1 Å². The van der Waals surface area contributed by atoms with Crippen molar-refractivity contribution < 1.29 is 9.53 Å². The number of piperazine rings is 1. The van der Waals surface area contributed by atoms with E-state index in [-0.39, 0.29) is 11.9 Å². The second-order valence-electron chi connectivity index (χ2n) is 5.11. The van der Waals surface area contributed by atoms with Crippen LogP contribution < -0.4 is 15.4 Å². The van der Waals surface area contributed by atoms with Gasteiger partial charge in [0, 0.05) is 33.2 Å². The van der Waals surface area contributed by atoms with Gasteiger partial charge in [-0.1, -0.05) is 12.1 Å². The molecule has 110 valence electrons. The summed E-state index contributed by atoms with van der Waals surface area (Å²) >= 11 is 0. The van der Waals surface area contributed by atoms with Gasteiger partial charge in [0.15, 0.2) is 0 Å². The maximum atomic E-state index is 11.9. The van der Waals surface area contributed by atoms with Crippen LogP contribution in [0.4, 0.5) is 0 Å². The van der Waals surface area contributed by atoms with Gasteiger partial charge in [-0.15, -0.1) is 0 Å². The van der Waals surface area contributed by atoms with Crippen molar-refractivity contribution in [3.8, 4) is 5.75 Å². The highest BCUT2D eigenvalue weighted by Crippen LogP contribution is 2.20. The van der Waals surface area contributed by atoms with Crippen LogP contribution in [-0.4, -0.2) is 50.6 Å². The van der Waals surface area contributed by atoms with Gasteiger partial charge in [0.2, 0.25) is 5.91 Å². The molecule has 2 N–H and O–H groups in total. The zero-order valence-corrected chi connectivity index (χ0v) is 12.4. The van der Waals surface area contributed by atoms with E-state index in [0.29, 0.717) is 6.54 Å². The molecule has 1 amide bonds. The van der Waals surface area contributed by atoms with Gasteiger partial charge >= 0.3 is 0 Å². The third kappa shape index (κ3) is 3.29. The van der Waals surface area contributed by atoms with Crippen LogP contribution in [-0.2, 0) is 11.3 Å². The molecule has 0 aromatic heterocycles. The Bertz CT molecular complexity index is 476. The van der Waals surface area contributed by atoms with Gasteiger partial charge < -0.3 is 15.4 Å². The van der Waals surface area contributed by atoms with E-state index < -0.39 is 0 Å². The van der Waals surface area contributed by atoms with Crippen molar-refractivity contribution in [3.05, 3.63) is 29.3 Å². The zero-order valence-electron chi connectivity index (χ0n) is 12.4. The number of hydrogen-bond donors (Lipinski definition) is 2. The third-order valence-corrected chi connectivity index (χ3v) is 3.75. The number of benzene rings is 1. The molecule has 1 aliphatic heterocycles. The minimum atomic E-state index is -0.101. The first-order chi connectivity index (χ1) is 9.65. The van der Waals surface area contributed by atoms with E-state index in [9.17, 15) is 4.79 Å². The maximum Gasteiger partial charge on any atom is 0.238 e. The van der Waals surface area contributed by atoms with Gasteiger partial charge in [0.25, 0.3) is 0 Å². The van der Waals surface area contributed by atoms with E-state index in [1.807, 2.05) is 13.0 Å². The fourth-order valence-electron chi connectivity index (χ4n) is 2.63. The van der Waals surface area contributed by atoms with Crippen molar-refractivity contribution >= 4 is 5.91 Å². The lowest BCUT2D eigenvalue weighted by atomic mass is 10.1. The van der Waals surface area contributed by atoms with Crippen molar-refractivity contribution in [2.75, 3.05) is 33.8 Å².